The maximum Gasteiger partial charge on any atom is 0.254 e. The lowest BCUT2D eigenvalue weighted by molar-refractivity contribution is 0.0827. The molecular formula is C19H32N4O3S. The zero-order chi connectivity index (χ0) is 20.2. The first-order valence-electron chi connectivity index (χ1n) is 9.43. The molecule has 0 atom stereocenters. The number of hydrogen-bond acceptors (Lipinski definition) is 5. The van der Waals surface area contributed by atoms with Gasteiger partial charge in [-0.1, -0.05) is 0 Å². The average Bonchev–Trinajstić information content (AvgIpc) is 2.60. The predicted molar refractivity (Wildman–Crippen MR) is 108 cm³/mol. The van der Waals surface area contributed by atoms with Crippen molar-refractivity contribution in [2.75, 3.05) is 26.0 Å². The standard InChI is InChI=1S/C19H32N4O3S/c1-19(2,3)27(25,26)21-12-14-6-9-16(10-7-14)22-17-11-8-15(13-20-17)18(24)23(4)5/h8,11,13-14,16,21H,6-7,9-10,12H2,1-5H3,(H,20,22)/t14-,16-. The molecule has 27 heavy (non-hydrogen) atoms. The Labute approximate surface area is 163 Å². The molecule has 0 aromatic carbocycles. The van der Waals surface area contributed by atoms with Crippen LogP contribution in [0.1, 0.15) is 56.8 Å². The van der Waals surface area contributed by atoms with E-state index in [0.717, 1.165) is 31.5 Å². The molecule has 2 N–H and O–H groups in total. The van der Waals surface area contributed by atoms with Gasteiger partial charge >= 0.3 is 0 Å². The van der Waals surface area contributed by atoms with Crippen LogP contribution in [0.2, 0.25) is 0 Å². The third-order valence-corrected chi connectivity index (χ3v) is 7.14. The number of hydrogen-bond donors (Lipinski definition) is 2. The van der Waals surface area contributed by atoms with E-state index < -0.39 is 14.8 Å². The lowest BCUT2D eigenvalue weighted by Gasteiger charge is -2.30. The monoisotopic (exact) mass is 396 g/mol. The molecule has 1 aliphatic rings. The highest BCUT2D eigenvalue weighted by Gasteiger charge is 2.30. The zero-order valence-electron chi connectivity index (χ0n) is 16.9. The fourth-order valence-corrected chi connectivity index (χ4v) is 3.92. The molecule has 1 amide bonds. The fraction of sp³-hybridized carbons (Fsp3) is 0.684. The summed E-state index contributed by atoms with van der Waals surface area (Å²) in [5, 5.41) is 3.42. The molecule has 0 bridgehead atoms. The molecule has 1 fully saturated rings. The number of anilines is 1. The third kappa shape index (κ3) is 5.90. The number of rotatable bonds is 6. The minimum atomic E-state index is -3.28. The fourth-order valence-electron chi connectivity index (χ4n) is 3.03. The Kier molecular flexibility index (Phi) is 6.86. The molecule has 0 saturated heterocycles. The molecule has 0 aliphatic heterocycles. The molecule has 2 rings (SSSR count). The quantitative estimate of drug-likeness (QED) is 0.771. The van der Waals surface area contributed by atoms with Crippen LogP contribution >= 0.6 is 0 Å². The average molecular weight is 397 g/mol. The number of carbonyl (C=O) groups excluding carboxylic acids is 1. The smallest absolute Gasteiger partial charge is 0.254 e. The molecule has 8 heteroatoms. The summed E-state index contributed by atoms with van der Waals surface area (Å²) in [4.78, 5) is 17.8. The van der Waals surface area contributed by atoms with Gasteiger partial charge < -0.3 is 10.2 Å². The van der Waals surface area contributed by atoms with Crippen LogP contribution in [0.15, 0.2) is 18.3 Å². The Morgan fingerprint density at radius 3 is 2.30 bits per heavy atom. The molecule has 7 nitrogen and oxygen atoms in total. The zero-order valence-corrected chi connectivity index (χ0v) is 17.8. The summed E-state index contributed by atoms with van der Waals surface area (Å²) in [6.45, 7) is 5.63. The molecule has 0 spiro atoms. The van der Waals surface area contributed by atoms with E-state index in [4.69, 9.17) is 0 Å². The number of amides is 1. The molecule has 1 aromatic rings. The van der Waals surface area contributed by atoms with Gasteiger partial charge in [-0.15, -0.1) is 0 Å². The van der Waals surface area contributed by atoms with Crippen LogP contribution < -0.4 is 10.0 Å². The van der Waals surface area contributed by atoms with Crippen molar-refractivity contribution in [1.82, 2.24) is 14.6 Å². The maximum absolute atomic E-state index is 12.2. The van der Waals surface area contributed by atoms with Crippen molar-refractivity contribution in [2.45, 2.75) is 57.2 Å². The van der Waals surface area contributed by atoms with E-state index in [2.05, 4.69) is 15.0 Å². The van der Waals surface area contributed by atoms with E-state index in [1.807, 2.05) is 6.07 Å². The lowest BCUT2D eigenvalue weighted by Crippen LogP contribution is -2.42. The van der Waals surface area contributed by atoms with Crippen LogP contribution in [0.3, 0.4) is 0 Å². The van der Waals surface area contributed by atoms with Crippen molar-refractivity contribution in [1.29, 1.82) is 0 Å². The molecule has 1 aliphatic carbocycles. The van der Waals surface area contributed by atoms with Crippen LogP contribution in [0.4, 0.5) is 5.82 Å². The van der Waals surface area contributed by atoms with Crippen molar-refractivity contribution < 1.29 is 13.2 Å². The van der Waals surface area contributed by atoms with Gasteiger partial charge in [0.15, 0.2) is 0 Å². The number of sulfonamides is 1. The van der Waals surface area contributed by atoms with E-state index in [1.165, 1.54) is 4.90 Å². The summed E-state index contributed by atoms with van der Waals surface area (Å²) in [5.74, 6) is 1.07. The molecule has 1 saturated carbocycles. The van der Waals surface area contributed by atoms with Crippen molar-refractivity contribution >= 4 is 21.7 Å². The summed E-state index contributed by atoms with van der Waals surface area (Å²) in [6, 6.07) is 3.94. The maximum atomic E-state index is 12.2. The van der Waals surface area contributed by atoms with Gasteiger partial charge in [-0.3, -0.25) is 4.79 Å². The van der Waals surface area contributed by atoms with E-state index in [1.54, 1.807) is 47.1 Å². The summed E-state index contributed by atoms with van der Waals surface area (Å²) in [6.07, 6.45) is 5.49. The minimum absolute atomic E-state index is 0.0627. The predicted octanol–water partition coefficient (Wildman–Crippen LogP) is 2.47. The molecule has 0 radical (unpaired) electrons. The molecular weight excluding hydrogens is 364 g/mol. The van der Waals surface area contributed by atoms with Crippen molar-refractivity contribution in [3.63, 3.8) is 0 Å². The normalized spacial score (nSPS) is 20.9. The van der Waals surface area contributed by atoms with Gasteiger partial charge in [-0.05, 0) is 64.5 Å². The van der Waals surface area contributed by atoms with E-state index >= 15 is 0 Å². The van der Waals surface area contributed by atoms with Gasteiger partial charge in [-0.25, -0.2) is 18.1 Å². The largest absolute Gasteiger partial charge is 0.367 e. The topological polar surface area (TPSA) is 91.4 Å². The second kappa shape index (κ2) is 8.56. The SMILES string of the molecule is CN(C)C(=O)c1ccc(N[C@H]2CC[C@H](CNS(=O)(=O)C(C)(C)C)CC2)nc1. The summed E-state index contributed by atoms with van der Waals surface area (Å²) >= 11 is 0. The minimum Gasteiger partial charge on any atom is -0.367 e. The number of carbonyl (C=O) groups is 1. The molecule has 0 unspecified atom stereocenters. The van der Waals surface area contributed by atoms with Crippen LogP contribution in [0, 0.1) is 5.92 Å². The second-order valence-electron chi connectivity index (χ2n) is 8.46. The van der Waals surface area contributed by atoms with Crippen LogP contribution in [0.25, 0.3) is 0 Å². The van der Waals surface area contributed by atoms with E-state index in [-0.39, 0.29) is 5.91 Å². The third-order valence-electron chi connectivity index (χ3n) is 4.98. The number of nitrogens with zero attached hydrogens (tertiary/aromatic N) is 2. The Morgan fingerprint density at radius 2 is 1.81 bits per heavy atom. The summed E-state index contributed by atoms with van der Waals surface area (Å²) in [5.41, 5.74) is 0.570. The first kappa shape index (κ1) is 21.6. The van der Waals surface area contributed by atoms with E-state index in [9.17, 15) is 13.2 Å². The van der Waals surface area contributed by atoms with Gasteiger partial charge in [0.05, 0.1) is 10.3 Å². The number of pyridine rings is 1. The summed E-state index contributed by atoms with van der Waals surface area (Å²) < 4.78 is 26.3. The molecule has 1 aromatic heterocycles. The first-order chi connectivity index (χ1) is 12.5. The molecule has 1 heterocycles. The van der Waals surface area contributed by atoms with Gasteiger partial charge in [0.2, 0.25) is 10.0 Å². The highest BCUT2D eigenvalue weighted by atomic mass is 32.2. The summed E-state index contributed by atoms with van der Waals surface area (Å²) in [7, 11) is 0.150. The van der Waals surface area contributed by atoms with Crippen molar-refractivity contribution in [2.24, 2.45) is 5.92 Å². The molecule has 152 valence electrons. The van der Waals surface area contributed by atoms with Crippen molar-refractivity contribution in [3.8, 4) is 0 Å². The van der Waals surface area contributed by atoms with Crippen LogP contribution in [0.5, 0.6) is 0 Å². The van der Waals surface area contributed by atoms with Gasteiger partial charge in [0.1, 0.15) is 5.82 Å². The van der Waals surface area contributed by atoms with Crippen LogP contribution in [-0.4, -0.2) is 55.6 Å². The van der Waals surface area contributed by atoms with Gasteiger partial charge in [-0.2, -0.15) is 0 Å². The Bertz CT molecular complexity index is 731. The highest BCUT2D eigenvalue weighted by Crippen LogP contribution is 2.26. The lowest BCUT2D eigenvalue weighted by atomic mass is 9.86. The Balaban J connectivity index is 1.80. The van der Waals surface area contributed by atoms with Crippen LogP contribution in [-0.2, 0) is 10.0 Å². The van der Waals surface area contributed by atoms with Gasteiger partial charge in [0, 0.05) is 32.9 Å². The van der Waals surface area contributed by atoms with Gasteiger partial charge in [0.25, 0.3) is 5.91 Å². The highest BCUT2D eigenvalue weighted by molar-refractivity contribution is 7.90. The second-order valence-corrected chi connectivity index (χ2v) is 11.0. The number of nitrogens with one attached hydrogen (secondary N) is 2. The first-order valence-corrected chi connectivity index (χ1v) is 10.9. The Morgan fingerprint density at radius 1 is 1.19 bits per heavy atom. The van der Waals surface area contributed by atoms with Crippen molar-refractivity contribution in [3.05, 3.63) is 23.9 Å². The van der Waals surface area contributed by atoms with E-state index in [0.29, 0.717) is 24.1 Å². The Hall–Kier alpha value is -1.67. The number of aromatic nitrogens is 1.